The van der Waals surface area contributed by atoms with E-state index in [1.807, 2.05) is 60.1 Å². The van der Waals surface area contributed by atoms with Gasteiger partial charge in [-0.25, -0.2) is 9.78 Å². The Morgan fingerprint density at radius 1 is 1.06 bits per heavy atom. The molecule has 4 rings (SSSR count). The summed E-state index contributed by atoms with van der Waals surface area (Å²) in [6.07, 6.45) is 0.587. The van der Waals surface area contributed by atoms with Gasteiger partial charge in [0.1, 0.15) is 11.7 Å². The second kappa shape index (κ2) is 11.5. The minimum atomic E-state index is -0.906. The molecule has 0 saturated carbocycles. The summed E-state index contributed by atoms with van der Waals surface area (Å²) in [5, 5.41) is 10.3. The number of aryl methyl sites for hydroxylation is 1. The van der Waals surface area contributed by atoms with Crippen molar-refractivity contribution in [3.05, 3.63) is 101 Å². The molecule has 4 aromatic rings. The van der Waals surface area contributed by atoms with Gasteiger partial charge in [-0.05, 0) is 36.2 Å². The summed E-state index contributed by atoms with van der Waals surface area (Å²) in [5.74, 6) is -0.0331. The van der Waals surface area contributed by atoms with Gasteiger partial charge in [0.15, 0.2) is 6.04 Å². The van der Waals surface area contributed by atoms with Crippen LogP contribution < -0.4 is 11.1 Å². The van der Waals surface area contributed by atoms with Crippen molar-refractivity contribution in [2.24, 2.45) is 12.8 Å². The van der Waals surface area contributed by atoms with Gasteiger partial charge in [-0.2, -0.15) is 0 Å². The third kappa shape index (κ3) is 5.72. The number of carbonyl (C=O) groups is 2. The molecule has 0 saturated heterocycles. The van der Waals surface area contributed by atoms with Gasteiger partial charge in [0.25, 0.3) is 5.91 Å². The van der Waals surface area contributed by atoms with E-state index in [9.17, 15) is 9.59 Å². The van der Waals surface area contributed by atoms with Crippen molar-refractivity contribution >= 4 is 41.2 Å². The van der Waals surface area contributed by atoms with Crippen molar-refractivity contribution in [1.29, 1.82) is 5.41 Å². The molecule has 1 heterocycles. The molecule has 36 heavy (non-hydrogen) atoms. The van der Waals surface area contributed by atoms with Crippen LogP contribution in [0.5, 0.6) is 0 Å². The maximum absolute atomic E-state index is 13.1. The highest BCUT2D eigenvalue weighted by Gasteiger charge is 2.25. The zero-order chi connectivity index (χ0) is 24.9. The van der Waals surface area contributed by atoms with Crippen LogP contribution >= 0.6 is 12.4 Å². The van der Waals surface area contributed by atoms with Crippen LogP contribution in [0.15, 0.2) is 72.8 Å². The van der Waals surface area contributed by atoms with Gasteiger partial charge in [0, 0.05) is 24.6 Å². The smallest absolute Gasteiger partial charge is 0.333 e. The molecule has 1 atom stereocenters. The number of nitrogens with two attached hydrogens (primary N) is 1. The van der Waals surface area contributed by atoms with Crippen molar-refractivity contribution < 1.29 is 14.3 Å². The lowest BCUT2D eigenvalue weighted by atomic mass is 10.1. The van der Waals surface area contributed by atoms with Gasteiger partial charge >= 0.3 is 5.97 Å². The molecule has 186 valence electrons. The second-order valence-electron chi connectivity index (χ2n) is 8.15. The van der Waals surface area contributed by atoms with E-state index in [1.165, 1.54) is 0 Å². The third-order valence-electron chi connectivity index (χ3n) is 5.79. The maximum Gasteiger partial charge on any atom is 0.333 e. The molecule has 0 fully saturated rings. The number of aromatic nitrogens is 2. The highest BCUT2D eigenvalue weighted by atomic mass is 35.5. The molecular weight excluding hydrogens is 478 g/mol. The molecule has 0 aliphatic rings. The Bertz CT molecular complexity index is 1380. The van der Waals surface area contributed by atoms with Gasteiger partial charge < -0.3 is 20.4 Å². The first-order chi connectivity index (χ1) is 16.9. The largest absolute Gasteiger partial charge is 0.464 e. The van der Waals surface area contributed by atoms with Crippen LogP contribution in [0.25, 0.3) is 11.0 Å². The van der Waals surface area contributed by atoms with Crippen LogP contribution in [-0.4, -0.2) is 33.9 Å². The molecule has 1 amide bonds. The Morgan fingerprint density at radius 3 is 2.36 bits per heavy atom. The molecule has 0 spiro atoms. The number of nitrogens with one attached hydrogen (secondary N) is 2. The minimum Gasteiger partial charge on any atom is -0.464 e. The molecule has 1 unspecified atom stereocenters. The zero-order valence-electron chi connectivity index (χ0n) is 20.0. The number of nitrogens with zero attached hydrogens (tertiary/aromatic N) is 2. The maximum atomic E-state index is 13.1. The molecule has 1 aromatic heterocycles. The van der Waals surface area contributed by atoms with Crippen LogP contribution in [0.3, 0.4) is 0 Å². The van der Waals surface area contributed by atoms with Crippen LogP contribution in [-0.2, 0) is 23.0 Å². The Morgan fingerprint density at radius 2 is 1.72 bits per heavy atom. The summed E-state index contributed by atoms with van der Waals surface area (Å²) in [6.45, 7) is 1.95. The number of nitrogen functional groups attached to an aromatic ring is 1. The van der Waals surface area contributed by atoms with Crippen molar-refractivity contribution in [2.45, 2.75) is 19.4 Å². The van der Waals surface area contributed by atoms with E-state index >= 15 is 0 Å². The molecule has 9 heteroatoms. The molecule has 0 aliphatic heterocycles. The quantitative estimate of drug-likeness (QED) is 0.190. The number of esters is 1. The molecule has 4 N–H and O–H groups in total. The fourth-order valence-corrected chi connectivity index (χ4v) is 3.90. The minimum absolute atomic E-state index is 0. The van der Waals surface area contributed by atoms with E-state index in [0.29, 0.717) is 28.6 Å². The molecule has 8 nitrogen and oxygen atoms in total. The van der Waals surface area contributed by atoms with Crippen molar-refractivity contribution in [1.82, 2.24) is 14.9 Å². The first-order valence-corrected chi connectivity index (χ1v) is 11.3. The second-order valence-corrected chi connectivity index (χ2v) is 8.15. The topological polar surface area (TPSA) is 123 Å². The van der Waals surface area contributed by atoms with E-state index in [4.69, 9.17) is 20.9 Å². The number of fused-ring (bicyclic) bond motifs is 1. The summed E-state index contributed by atoms with van der Waals surface area (Å²) in [7, 11) is 1.93. The average molecular weight is 506 g/mol. The van der Waals surface area contributed by atoms with Gasteiger partial charge in [-0.3, -0.25) is 10.2 Å². The summed E-state index contributed by atoms with van der Waals surface area (Å²) >= 11 is 0. The van der Waals surface area contributed by atoms with Crippen LogP contribution in [0.1, 0.15) is 45.8 Å². The summed E-state index contributed by atoms with van der Waals surface area (Å²) in [4.78, 5) is 30.3. The third-order valence-corrected chi connectivity index (χ3v) is 5.79. The Hall–Kier alpha value is -4.17. The highest BCUT2D eigenvalue weighted by molar-refractivity contribution is 5.99. The van der Waals surface area contributed by atoms with E-state index in [1.54, 1.807) is 31.2 Å². The van der Waals surface area contributed by atoms with E-state index in [0.717, 1.165) is 16.9 Å². The lowest BCUT2D eigenvalue weighted by Gasteiger charge is -2.17. The van der Waals surface area contributed by atoms with Gasteiger partial charge in [-0.15, -0.1) is 12.4 Å². The highest BCUT2D eigenvalue weighted by Crippen LogP contribution is 2.21. The Labute approximate surface area is 215 Å². The number of ether oxygens (including phenoxy) is 1. The lowest BCUT2D eigenvalue weighted by Crippen LogP contribution is -2.35. The number of carbonyl (C=O) groups excluding carboxylic acids is 2. The first-order valence-electron chi connectivity index (χ1n) is 11.3. The molecule has 3 aromatic carbocycles. The van der Waals surface area contributed by atoms with E-state index in [2.05, 4.69) is 5.32 Å². The SMILES string of the molecule is CCOC(=O)C(NC(=O)c1ccc2c(c1)nc(Cc1ccc(C(=N)N)cc1)n2C)c1ccccc1.Cl. The first kappa shape index (κ1) is 26.4. The number of halogens is 1. The van der Waals surface area contributed by atoms with Crippen molar-refractivity contribution in [3.63, 3.8) is 0 Å². The number of benzene rings is 3. The summed E-state index contributed by atoms with van der Waals surface area (Å²) in [5.41, 5.74) is 9.86. The summed E-state index contributed by atoms with van der Waals surface area (Å²) in [6, 6.07) is 20.9. The molecule has 0 radical (unpaired) electrons. The molecular formula is C27H28ClN5O3. The number of amidine groups is 1. The molecule has 0 bridgehead atoms. The van der Waals surface area contributed by atoms with Crippen LogP contribution in [0, 0.1) is 5.41 Å². The fraction of sp³-hybridized carbons (Fsp3) is 0.185. The number of hydrogen-bond acceptors (Lipinski definition) is 5. The monoisotopic (exact) mass is 505 g/mol. The van der Waals surface area contributed by atoms with Gasteiger partial charge in [-0.1, -0.05) is 54.6 Å². The molecule has 0 aliphatic carbocycles. The van der Waals surface area contributed by atoms with E-state index < -0.39 is 12.0 Å². The van der Waals surface area contributed by atoms with Crippen LogP contribution in [0.2, 0.25) is 0 Å². The standard InChI is InChI=1S/C27H27N5O3.ClH/c1-3-35-27(34)24(18-7-5-4-6-8-18)31-26(33)20-13-14-22-21(16-20)30-23(32(22)2)15-17-9-11-19(12-10-17)25(28)29;/h4-14,16,24H,3,15H2,1-2H3,(H3,28,29)(H,31,33);1H. The Balaban J connectivity index is 0.00000361. The normalized spacial score (nSPS) is 11.4. The number of hydrogen-bond donors (Lipinski definition) is 3. The fourth-order valence-electron chi connectivity index (χ4n) is 3.90. The number of amides is 1. The number of rotatable bonds is 8. The van der Waals surface area contributed by atoms with Crippen molar-refractivity contribution in [2.75, 3.05) is 6.61 Å². The van der Waals surface area contributed by atoms with Gasteiger partial charge in [0.2, 0.25) is 0 Å². The lowest BCUT2D eigenvalue weighted by molar-refractivity contribution is -0.145. The number of imidazole rings is 1. The van der Waals surface area contributed by atoms with Crippen LogP contribution in [0.4, 0.5) is 0 Å². The average Bonchev–Trinajstić information content (AvgIpc) is 3.17. The van der Waals surface area contributed by atoms with Crippen molar-refractivity contribution in [3.8, 4) is 0 Å². The van der Waals surface area contributed by atoms with Gasteiger partial charge in [0.05, 0.1) is 17.6 Å². The predicted octanol–water partition coefficient (Wildman–Crippen LogP) is 3.90. The van der Waals surface area contributed by atoms with E-state index in [-0.39, 0.29) is 30.8 Å². The Kier molecular flexibility index (Phi) is 8.45. The summed E-state index contributed by atoms with van der Waals surface area (Å²) < 4.78 is 7.16. The predicted molar refractivity (Wildman–Crippen MR) is 142 cm³/mol. The zero-order valence-corrected chi connectivity index (χ0v) is 20.8.